The number of carbonyl (C=O) groups excluding carboxylic acids is 4. The highest BCUT2D eigenvalue weighted by Gasteiger charge is 2.54. The minimum absolute atomic E-state index is 0.0177. The van der Waals surface area contributed by atoms with E-state index in [-0.39, 0.29) is 24.2 Å². The van der Waals surface area contributed by atoms with Crippen molar-refractivity contribution in [3.8, 4) is 0 Å². The van der Waals surface area contributed by atoms with E-state index in [1.807, 2.05) is 18.2 Å². The van der Waals surface area contributed by atoms with E-state index in [4.69, 9.17) is 9.47 Å². The Kier molecular flexibility index (Phi) is 6.87. The van der Waals surface area contributed by atoms with Crippen molar-refractivity contribution in [3.63, 3.8) is 0 Å². The van der Waals surface area contributed by atoms with Crippen molar-refractivity contribution in [2.24, 2.45) is 23.7 Å². The summed E-state index contributed by atoms with van der Waals surface area (Å²) in [5.74, 6) is -2.01. The summed E-state index contributed by atoms with van der Waals surface area (Å²) in [4.78, 5) is 50.1. The van der Waals surface area contributed by atoms with Crippen LogP contribution in [-0.2, 0) is 19.1 Å². The molecule has 1 amide bonds. The summed E-state index contributed by atoms with van der Waals surface area (Å²) in [5.41, 5.74) is 1.46. The summed E-state index contributed by atoms with van der Waals surface area (Å²) < 4.78 is 10.3. The summed E-state index contributed by atoms with van der Waals surface area (Å²) in [5, 5.41) is 2.64. The van der Waals surface area contributed by atoms with Gasteiger partial charge in [-0.25, -0.2) is 4.79 Å². The molecule has 0 spiro atoms. The van der Waals surface area contributed by atoms with Crippen molar-refractivity contribution in [2.45, 2.75) is 26.2 Å². The Labute approximate surface area is 192 Å². The standard InChI is InChI=1S/C26H27NO6/c1-2-32-25(30)17-10-12-20(13-11-17)27-21(28)15-33-26(31)23-19-9-8-18(14-19)22(23)24(29)16-6-4-3-5-7-16/h3-7,10-13,18-19,22-23H,2,8-9,14-15H2,1H3,(H,27,28)/t18-,19-,22-,23+/m0/s1. The number of hydrogen-bond acceptors (Lipinski definition) is 6. The topological polar surface area (TPSA) is 98.8 Å². The number of esters is 2. The molecule has 0 unspecified atom stereocenters. The maximum atomic E-state index is 13.1. The summed E-state index contributed by atoms with van der Waals surface area (Å²) in [6.45, 7) is 1.58. The Morgan fingerprint density at radius 1 is 0.848 bits per heavy atom. The zero-order valence-electron chi connectivity index (χ0n) is 18.5. The molecule has 7 nitrogen and oxygen atoms in total. The number of amides is 1. The fourth-order valence-electron chi connectivity index (χ4n) is 5.14. The predicted octanol–water partition coefficient (Wildman–Crippen LogP) is 3.89. The molecular weight excluding hydrogens is 422 g/mol. The molecule has 0 aromatic heterocycles. The number of anilines is 1. The van der Waals surface area contributed by atoms with Crippen LogP contribution in [0, 0.1) is 23.7 Å². The second-order valence-electron chi connectivity index (χ2n) is 8.57. The number of benzene rings is 2. The Morgan fingerprint density at radius 3 is 2.18 bits per heavy atom. The SMILES string of the molecule is CCOC(=O)c1ccc(NC(=O)COC(=O)[C@@H]2[C@H]3CC[C@@H](C3)[C@@H]2C(=O)c2ccccc2)cc1. The summed E-state index contributed by atoms with van der Waals surface area (Å²) in [6.07, 6.45) is 2.70. The Balaban J connectivity index is 1.34. The van der Waals surface area contributed by atoms with E-state index in [2.05, 4.69) is 5.32 Å². The fourth-order valence-corrected chi connectivity index (χ4v) is 5.14. The molecule has 2 aromatic carbocycles. The number of Topliss-reactive ketones (excluding diaryl/α,β-unsaturated/α-hetero) is 1. The highest BCUT2D eigenvalue weighted by atomic mass is 16.5. The lowest BCUT2D eigenvalue weighted by molar-refractivity contribution is -0.154. The molecule has 0 saturated heterocycles. The van der Waals surface area contributed by atoms with Gasteiger partial charge in [0.15, 0.2) is 12.4 Å². The first-order valence-electron chi connectivity index (χ1n) is 11.3. The van der Waals surface area contributed by atoms with Gasteiger partial charge >= 0.3 is 11.9 Å². The van der Waals surface area contributed by atoms with Crippen LogP contribution in [-0.4, -0.2) is 36.8 Å². The molecule has 2 bridgehead atoms. The van der Waals surface area contributed by atoms with Crippen molar-refractivity contribution < 1.29 is 28.7 Å². The molecule has 0 radical (unpaired) electrons. The van der Waals surface area contributed by atoms with Crippen molar-refractivity contribution >= 4 is 29.3 Å². The summed E-state index contributed by atoms with van der Waals surface area (Å²) in [6, 6.07) is 15.3. The van der Waals surface area contributed by atoms with Gasteiger partial charge in [-0.2, -0.15) is 0 Å². The third kappa shape index (κ3) is 4.97. The van der Waals surface area contributed by atoms with E-state index < -0.39 is 36.3 Å². The monoisotopic (exact) mass is 449 g/mol. The van der Waals surface area contributed by atoms with Crippen LogP contribution in [0.2, 0.25) is 0 Å². The molecule has 172 valence electrons. The zero-order valence-corrected chi connectivity index (χ0v) is 18.5. The predicted molar refractivity (Wildman–Crippen MR) is 121 cm³/mol. The van der Waals surface area contributed by atoms with Gasteiger partial charge in [-0.05, 0) is 62.3 Å². The zero-order chi connectivity index (χ0) is 23.4. The number of fused-ring (bicyclic) bond motifs is 2. The molecule has 33 heavy (non-hydrogen) atoms. The Morgan fingerprint density at radius 2 is 1.52 bits per heavy atom. The van der Waals surface area contributed by atoms with E-state index in [1.165, 1.54) is 0 Å². The van der Waals surface area contributed by atoms with Crippen molar-refractivity contribution in [2.75, 3.05) is 18.5 Å². The first-order chi connectivity index (χ1) is 16.0. The fraction of sp³-hybridized carbons (Fsp3) is 0.385. The van der Waals surface area contributed by atoms with Crippen molar-refractivity contribution in [1.29, 1.82) is 0 Å². The molecule has 0 aliphatic heterocycles. The highest BCUT2D eigenvalue weighted by molar-refractivity contribution is 6.01. The molecular formula is C26H27NO6. The maximum absolute atomic E-state index is 13.1. The average Bonchev–Trinajstić information content (AvgIpc) is 3.45. The summed E-state index contributed by atoms with van der Waals surface area (Å²) >= 11 is 0. The number of nitrogens with one attached hydrogen (secondary N) is 1. The largest absolute Gasteiger partial charge is 0.462 e. The molecule has 2 aliphatic rings. The Hall–Kier alpha value is -3.48. The maximum Gasteiger partial charge on any atom is 0.338 e. The number of carbonyl (C=O) groups is 4. The van der Waals surface area contributed by atoms with Gasteiger partial charge < -0.3 is 14.8 Å². The van der Waals surface area contributed by atoms with Gasteiger partial charge in [0.25, 0.3) is 5.91 Å². The van der Waals surface area contributed by atoms with Crippen LogP contribution in [0.1, 0.15) is 46.9 Å². The van der Waals surface area contributed by atoms with Gasteiger partial charge in [0, 0.05) is 17.2 Å². The van der Waals surface area contributed by atoms with E-state index in [0.717, 1.165) is 19.3 Å². The van der Waals surface area contributed by atoms with Gasteiger partial charge in [-0.1, -0.05) is 30.3 Å². The third-order valence-corrected chi connectivity index (χ3v) is 6.57. The van der Waals surface area contributed by atoms with Crippen LogP contribution in [0.5, 0.6) is 0 Å². The third-order valence-electron chi connectivity index (χ3n) is 6.57. The number of ether oxygens (including phenoxy) is 2. The van der Waals surface area contributed by atoms with Gasteiger partial charge in [-0.3, -0.25) is 14.4 Å². The molecule has 4 rings (SSSR count). The van der Waals surface area contributed by atoms with E-state index in [9.17, 15) is 19.2 Å². The minimum atomic E-state index is -0.506. The van der Waals surface area contributed by atoms with Gasteiger partial charge in [-0.15, -0.1) is 0 Å². The molecule has 7 heteroatoms. The van der Waals surface area contributed by atoms with E-state index >= 15 is 0 Å². The minimum Gasteiger partial charge on any atom is -0.462 e. The van der Waals surface area contributed by atoms with Gasteiger partial charge in [0.05, 0.1) is 18.1 Å². The van der Waals surface area contributed by atoms with Crippen LogP contribution in [0.25, 0.3) is 0 Å². The highest BCUT2D eigenvalue weighted by Crippen LogP contribution is 2.53. The first kappa shape index (κ1) is 22.7. The smallest absolute Gasteiger partial charge is 0.338 e. The van der Waals surface area contributed by atoms with E-state index in [1.54, 1.807) is 43.3 Å². The van der Waals surface area contributed by atoms with Crippen LogP contribution < -0.4 is 5.32 Å². The molecule has 1 N–H and O–H groups in total. The molecule has 0 heterocycles. The lowest BCUT2D eigenvalue weighted by atomic mass is 9.75. The molecule has 4 atom stereocenters. The number of rotatable bonds is 8. The molecule has 2 saturated carbocycles. The van der Waals surface area contributed by atoms with Crippen LogP contribution in [0.3, 0.4) is 0 Å². The van der Waals surface area contributed by atoms with Crippen molar-refractivity contribution in [1.82, 2.24) is 0 Å². The van der Waals surface area contributed by atoms with Crippen LogP contribution in [0.15, 0.2) is 54.6 Å². The normalized spacial score (nSPS) is 23.1. The second-order valence-corrected chi connectivity index (χ2v) is 8.57. The number of hydrogen-bond donors (Lipinski definition) is 1. The quantitative estimate of drug-likeness (QED) is 0.485. The average molecular weight is 450 g/mol. The van der Waals surface area contributed by atoms with Crippen LogP contribution >= 0.6 is 0 Å². The number of ketones is 1. The molecule has 2 fully saturated rings. The van der Waals surface area contributed by atoms with Crippen LogP contribution in [0.4, 0.5) is 5.69 Å². The lowest BCUT2D eigenvalue weighted by Crippen LogP contribution is -2.37. The second kappa shape index (κ2) is 9.98. The van der Waals surface area contributed by atoms with Crippen molar-refractivity contribution in [3.05, 3.63) is 65.7 Å². The first-order valence-corrected chi connectivity index (χ1v) is 11.3. The van der Waals surface area contributed by atoms with Gasteiger partial charge in [0.1, 0.15) is 0 Å². The van der Waals surface area contributed by atoms with Gasteiger partial charge in [0.2, 0.25) is 0 Å². The summed E-state index contributed by atoms with van der Waals surface area (Å²) in [7, 11) is 0. The lowest BCUT2D eigenvalue weighted by Gasteiger charge is -2.28. The van der Waals surface area contributed by atoms with E-state index in [0.29, 0.717) is 16.8 Å². The Bertz CT molecular complexity index is 1030. The molecule has 2 aliphatic carbocycles. The molecule has 2 aromatic rings.